The minimum absolute atomic E-state index is 0.354. The van der Waals surface area contributed by atoms with E-state index in [9.17, 15) is 9.59 Å². The van der Waals surface area contributed by atoms with E-state index < -0.39 is 5.97 Å². The molecule has 0 heterocycles. The average Bonchev–Trinajstić information content (AvgIpc) is 2.36. The van der Waals surface area contributed by atoms with Crippen LogP contribution in [0.5, 0.6) is 0 Å². The Morgan fingerprint density at radius 1 is 1.22 bits per heavy atom. The van der Waals surface area contributed by atoms with E-state index in [1.807, 2.05) is 26.0 Å². The molecule has 0 aliphatic carbocycles. The summed E-state index contributed by atoms with van der Waals surface area (Å²) in [7, 11) is 0. The first-order chi connectivity index (χ1) is 8.61. The van der Waals surface area contributed by atoms with Gasteiger partial charge in [0.2, 0.25) is 5.91 Å². The maximum Gasteiger partial charge on any atom is 0.330 e. The van der Waals surface area contributed by atoms with Crippen LogP contribution in [-0.2, 0) is 14.3 Å². The predicted octanol–water partition coefficient (Wildman–Crippen LogP) is 2.44. The second-order valence-corrected chi connectivity index (χ2v) is 3.86. The average molecular weight is 247 g/mol. The van der Waals surface area contributed by atoms with Gasteiger partial charge in [-0.3, -0.25) is 4.79 Å². The summed E-state index contributed by atoms with van der Waals surface area (Å²) < 4.78 is 4.80. The Balaban J connectivity index is 2.44. The molecule has 4 nitrogen and oxygen atoms in total. The van der Waals surface area contributed by atoms with Gasteiger partial charge >= 0.3 is 5.97 Å². The summed E-state index contributed by atoms with van der Waals surface area (Å²) >= 11 is 0. The van der Waals surface area contributed by atoms with Gasteiger partial charge in [-0.1, -0.05) is 24.6 Å². The van der Waals surface area contributed by atoms with Crippen LogP contribution in [0.15, 0.2) is 36.4 Å². The molecule has 1 amide bonds. The molecule has 18 heavy (non-hydrogen) atoms. The van der Waals surface area contributed by atoms with E-state index in [1.165, 1.54) is 0 Å². The second kappa shape index (κ2) is 7.27. The van der Waals surface area contributed by atoms with Crippen LogP contribution in [-0.4, -0.2) is 18.5 Å². The number of hydrogen-bond acceptors (Lipinski definition) is 3. The summed E-state index contributed by atoms with van der Waals surface area (Å²) in [6.45, 7) is 4.24. The third-order valence-corrected chi connectivity index (χ3v) is 2.14. The lowest BCUT2D eigenvalue weighted by molar-refractivity contribution is -0.137. The molecule has 0 aliphatic rings. The molecule has 0 atom stereocenters. The van der Waals surface area contributed by atoms with Crippen molar-refractivity contribution < 1.29 is 14.3 Å². The highest BCUT2D eigenvalue weighted by molar-refractivity contribution is 6.02. The minimum atomic E-state index is -0.504. The van der Waals surface area contributed by atoms with Gasteiger partial charge in [0.05, 0.1) is 6.61 Å². The topological polar surface area (TPSA) is 55.4 Å². The van der Waals surface area contributed by atoms with Crippen LogP contribution in [0, 0.1) is 6.92 Å². The molecule has 1 rings (SSSR count). The third kappa shape index (κ3) is 5.30. The quantitative estimate of drug-likeness (QED) is 0.642. The summed E-state index contributed by atoms with van der Waals surface area (Å²) in [4.78, 5) is 22.6. The summed E-state index contributed by atoms with van der Waals surface area (Å²) in [5, 5.41) is 2.65. The first-order valence-corrected chi connectivity index (χ1v) is 5.84. The van der Waals surface area contributed by atoms with Crippen molar-refractivity contribution in [1.82, 2.24) is 0 Å². The van der Waals surface area contributed by atoms with E-state index >= 15 is 0 Å². The number of benzene rings is 1. The second-order valence-electron chi connectivity index (χ2n) is 3.86. The van der Waals surface area contributed by atoms with Gasteiger partial charge < -0.3 is 10.1 Å². The number of carbonyl (C=O) groups excluding carboxylic acids is 2. The third-order valence-electron chi connectivity index (χ3n) is 2.14. The molecule has 0 unspecified atom stereocenters. The number of esters is 1. The number of hydrogen-bond donors (Lipinski definition) is 1. The molecule has 0 saturated carbocycles. The minimum Gasteiger partial charge on any atom is -0.463 e. The Morgan fingerprint density at radius 2 is 1.89 bits per heavy atom. The maximum absolute atomic E-state index is 11.5. The molecule has 0 aromatic heterocycles. The molecule has 0 radical (unpaired) electrons. The van der Waals surface area contributed by atoms with Gasteiger partial charge in [-0.05, 0) is 25.5 Å². The zero-order chi connectivity index (χ0) is 13.4. The lowest BCUT2D eigenvalue weighted by Gasteiger charge is -2.02. The fraction of sp³-hybridized carbons (Fsp3) is 0.286. The fourth-order valence-corrected chi connectivity index (χ4v) is 1.22. The van der Waals surface area contributed by atoms with Gasteiger partial charge in [0.1, 0.15) is 0 Å². The van der Waals surface area contributed by atoms with Crippen LogP contribution in [0.1, 0.15) is 18.9 Å². The highest BCUT2D eigenvalue weighted by atomic mass is 16.5. The summed E-state index contributed by atoms with van der Waals surface area (Å²) in [6.07, 6.45) is 3.05. The van der Waals surface area contributed by atoms with Crippen molar-refractivity contribution in [2.24, 2.45) is 0 Å². The fourth-order valence-electron chi connectivity index (χ4n) is 1.22. The van der Waals surface area contributed by atoms with Crippen LogP contribution in [0.3, 0.4) is 0 Å². The SMILES string of the molecule is CCCOC(=O)/C=C\C(=O)Nc1ccc(C)cc1. The van der Waals surface area contributed by atoms with Crippen LogP contribution in [0.2, 0.25) is 0 Å². The molecule has 0 bridgehead atoms. The van der Waals surface area contributed by atoms with E-state index in [-0.39, 0.29) is 5.91 Å². The Morgan fingerprint density at radius 3 is 2.50 bits per heavy atom. The zero-order valence-electron chi connectivity index (χ0n) is 10.6. The zero-order valence-corrected chi connectivity index (χ0v) is 10.6. The molecule has 1 aromatic rings. The largest absolute Gasteiger partial charge is 0.463 e. The van der Waals surface area contributed by atoms with Crippen LogP contribution < -0.4 is 5.32 Å². The first-order valence-electron chi connectivity index (χ1n) is 5.84. The normalized spacial score (nSPS) is 10.3. The number of amides is 1. The summed E-state index contributed by atoms with van der Waals surface area (Å²) in [5.41, 5.74) is 1.81. The molecule has 0 saturated heterocycles. The number of ether oxygens (including phenoxy) is 1. The van der Waals surface area contributed by atoms with E-state index in [0.717, 1.165) is 24.1 Å². The van der Waals surface area contributed by atoms with Crippen molar-refractivity contribution in [1.29, 1.82) is 0 Å². The molecule has 0 fully saturated rings. The van der Waals surface area contributed by atoms with Gasteiger partial charge in [0.15, 0.2) is 0 Å². The van der Waals surface area contributed by atoms with Gasteiger partial charge in [-0.15, -0.1) is 0 Å². The standard InChI is InChI=1S/C14H17NO3/c1-3-10-18-14(17)9-8-13(16)15-12-6-4-11(2)5-7-12/h4-9H,3,10H2,1-2H3,(H,15,16)/b9-8-. The molecule has 1 aromatic carbocycles. The Bertz CT molecular complexity index is 435. The van der Waals surface area contributed by atoms with E-state index in [1.54, 1.807) is 12.1 Å². The lowest BCUT2D eigenvalue weighted by Crippen LogP contribution is -2.09. The van der Waals surface area contributed by atoms with Gasteiger partial charge in [0.25, 0.3) is 0 Å². The molecule has 0 spiro atoms. The number of rotatable bonds is 5. The number of aryl methyl sites for hydroxylation is 1. The predicted molar refractivity (Wildman–Crippen MR) is 70.2 cm³/mol. The van der Waals surface area contributed by atoms with Crippen LogP contribution in [0.4, 0.5) is 5.69 Å². The van der Waals surface area contributed by atoms with Crippen LogP contribution >= 0.6 is 0 Å². The van der Waals surface area contributed by atoms with Crippen molar-refractivity contribution in [3.05, 3.63) is 42.0 Å². The van der Waals surface area contributed by atoms with Crippen molar-refractivity contribution in [2.75, 3.05) is 11.9 Å². The monoisotopic (exact) mass is 247 g/mol. The maximum atomic E-state index is 11.5. The van der Waals surface area contributed by atoms with E-state index in [2.05, 4.69) is 5.32 Å². The molecule has 0 aliphatic heterocycles. The van der Waals surface area contributed by atoms with Gasteiger partial charge in [-0.25, -0.2) is 4.79 Å². The summed E-state index contributed by atoms with van der Waals surface area (Å²) in [5.74, 6) is -0.858. The number of carbonyl (C=O) groups is 2. The number of anilines is 1. The van der Waals surface area contributed by atoms with Gasteiger partial charge in [-0.2, -0.15) is 0 Å². The van der Waals surface area contributed by atoms with Crippen LogP contribution in [0.25, 0.3) is 0 Å². The molecule has 96 valence electrons. The van der Waals surface area contributed by atoms with E-state index in [0.29, 0.717) is 12.3 Å². The Kier molecular flexibility index (Phi) is 5.64. The highest BCUT2D eigenvalue weighted by Gasteiger charge is 2.00. The van der Waals surface area contributed by atoms with Crippen molar-refractivity contribution in [3.63, 3.8) is 0 Å². The molecule has 1 N–H and O–H groups in total. The van der Waals surface area contributed by atoms with Crippen molar-refractivity contribution >= 4 is 17.6 Å². The van der Waals surface area contributed by atoms with Gasteiger partial charge in [0, 0.05) is 17.8 Å². The summed E-state index contributed by atoms with van der Waals surface area (Å²) in [6, 6.07) is 7.40. The number of nitrogens with one attached hydrogen (secondary N) is 1. The Hall–Kier alpha value is -2.10. The highest BCUT2D eigenvalue weighted by Crippen LogP contribution is 2.08. The smallest absolute Gasteiger partial charge is 0.330 e. The van der Waals surface area contributed by atoms with Crippen molar-refractivity contribution in [2.45, 2.75) is 20.3 Å². The van der Waals surface area contributed by atoms with Crippen molar-refractivity contribution in [3.8, 4) is 0 Å². The lowest BCUT2D eigenvalue weighted by atomic mass is 10.2. The Labute approximate surface area is 107 Å². The van der Waals surface area contributed by atoms with E-state index in [4.69, 9.17) is 4.74 Å². The molecular weight excluding hydrogens is 230 g/mol. The molecular formula is C14H17NO3. The molecule has 4 heteroatoms. The first kappa shape index (κ1) is 14.0.